The highest BCUT2D eigenvalue weighted by atomic mass is 32.2. The summed E-state index contributed by atoms with van der Waals surface area (Å²) in [6.07, 6.45) is -0.633. The molecule has 34 heavy (non-hydrogen) atoms. The van der Waals surface area contributed by atoms with Crippen LogP contribution in [0.25, 0.3) is 10.8 Å². The normalized spacial score (nSPS) is 12.6. The second kappa shape index (κ2) is 10.1. The van der Waals surface area contributed by atoms with Crippen molar-refractivity contribution in [3.05, 3.63) is 72.3 Å². The second-order valence-electron chi connectivity index (χ2n) is 8.58. The van der Waals surface area contributed by atoms with Crippen LogP contribution in [0.2, 0.25) is 0 Å². The summed E-state index contributed by atoms with van der Waals surface area (Å²) in [5, 5.41) is 3.85. The number of fused-ring (bicyclic) bond motifs is 1. The van der Waals surface area contributed by atoms with Crippen molar-refractivity contribution in [2.75, 3.05) is 7.11 Å². The zero-order valence-electron chi connectivity index (χ0n) is 19.4. The minimum atomic E-state index is -4.07. The Morgan fingerprint density at radius 2 is 1.59 bits per heavy atom. The van der Waals surface area contributed by atoms with E-state index in [9.17, 15) is 18.0 Å². The van der Waals surface area contributed by atoms with E-state index in [4.69, 9.17) is 13.7 Å². The van der Waals surface area contributed by atoms with E-state index in [1.165, 1.54) is 25.3 Å². The third-order valence-electron chi connectivity index (χ3n) is 4.76. The van der Waals surface area contributed by atoms with Gasteiger partial charge in [-0.2, -0.15) is 8.42 Å². The van der Waals surface area contributed by atoms with E-state index < -0.39 is 33.8 Å². The van der Waals surface area contributed by atoms with E-state index in [1.54, 1.807) is 51.1 Å². The van der Waals surface area contributed by atoms with Crippen LogP contribution in [0.4, 0.5) is 4.79 Å². The third-order valence-corrected chi connectivity index (χ3v) is 6.07. The number of alkyl carbamates (subject to hydrolysis) is 1. The summed E-state index contributed by atoms with van der Waals surface area (Å²) in [7, 11) is -2.85. The number of esters is 1. The smallest absolute Gasteiger partial charge is 0.408 e. The molecule has 0 heterocycles. The molecule has 3 rings (SSSR count). The Hall–Kier alpha value is -3.59. The van der Waals surface area contributed by atoms with Crippen molar-refractivity contribution in [3.63, 3.8) is 0 Å². The van der Waals surface area contributed by atoms with Crippen LogP contribution in [0, 0.1) is 0 Å². The monoisotopic (exact) mass is 485 g/mol. The number of carbonyl (C=O) groups is 2. The predicted molar refractivity (Wildman–Crippen MR) is 127 cm³/mol. The average molecular weight is 486 g/mol. The molecule has 0 bridgehead atoms. The van der Waals surface area contributed by atoms with Gasteiger partial charge in [-0.05, 0) is 49.9 Å². The van der Waals surface area contributed by atoms with E-state index >= 15 is 0 Å². The van der Waals surface area contributed by atoms with Crippen molar-refractivity contribution in [2.24, 2.45) is 0 Å². The first-order chi connectivity index (χ1) is 16.0. The topological polar surface area (TPSA) is 108 Å². The van der Waals surface area contributed by atoms with Gasteiger partial charge in [0.05, 0.1) is 7.11 Å². The van der Waals surface area contributed by atoms with Crippen LogP contribution in [-0.4, -0.2) is 39.2 Å². The van der Waals surface area contributed by atoms with Crippen LogP contribution in [0.3, 0.4) is 0 Å². The third kappa shape index (κ3) is 6.48. The maximum atomic E-state index is 12.9. The lowest BCUT2D eigenvalue weighted by atomic mass is 10.1. The van der Waals surface area contributed by atoms with Crippen molar-refractivity contribution in [3.8, 4) is 5.75 Å². The minimum Gasteiger partial charge on any atom is -0.467 e. The second-order valence-corrected chi connectivity index (χ2v) is 10.1. The summed E-state index contributed by atoms with van der Waals surface area (Å²) in [6, 6.07) is 17.3. The fourth-order valence-corrected chi connectivity index (χ4v) is 4.44. The van der Waals surface area contributed by atoms with Gasteiger partial charge < -0.3 is 19.0 Å². The van der Waals surface area contributed by atoms with Gasteiger partial charge in [0.15, 0.2) is 0 Å². The lowest BCUT2D eigenvalue weighted by molar-refractivity contribution is -0.143. The zero-order valence-corrected chi connectivity index (χ0v) is 20.2. The number of carbonyl (C=O) groups excluding carboxylic acids is 2. The number of hydrogen-bond donors (Lipinski definition) is 1. The molecule has 1 N–H and O–H groups in total. The van der Waals surface area contributed by atoms with E-state index in [0.29, 0.717) is 10.9 Å². The number of benzene rings is 3. The number of nitrogens with one attached hydrogen (secondary N) is 1. The zero-order chi connectivity index (χ0) is 24.9. The highest BCUT2D eigenvalue weighted by Crippen LogP contribution is 2.26. The number of amides is 1. The highest BCUT2D eigenvalue weighted by Gasteiger charge is 2.25. The van der Waals surface area contributed by atoms with Crippen LogP contribution < -0.4 is 9.50 Å². The van der Waals surface area contributed by atoms with Crippen LogP contribution >= 0.6 is 0 Å². The van der Waals surface area contributed by atoms with Crippen molar-refractivity contribution < 1.29 is 31.7 Å². The standard InChI is InChI=1S/C25H27NO7S/c1-25(2,3)32-24(28)26-21(23(27)31-4)16-17-12-14-19(15-13-17)33-34(29,30)22-11-7-9-18-8-5-6-10-20(18)22/h5-15,21H,16H2,1-4H3,(H,26,28). The molecule has 0 saturated heterocycles. The molecule has 0 aliphatic rings. The molecule has 0 spiro atoms. The Morgan fingerprint density at radius 3 is 2.24 bits per heavy atom. The van der Waals surface area contributed by atoms with Gasteiger partial charge in [-0.25, -0.2) is 9.59 Å². The molecule has 8 nitrogen and oxygen atoms in total. The molecular weight excluding hydrogens is 458 g/mol. The maximum Gasteiger partial charge on any atom is 0.408 e. The molecule has 9 heteroatoms. The first-order valence-electron chi connectivity index (χ1n) is 10.6. The molecule has 0 aliphatic heterocycles. The largest absolute Gasteiger partial charge is 0.467 e. The quantitative estimate of drug-likeness (QED) is 0.394. The molecular formula is C25H27NO7S. The van der Waals surface area contributed by atoms with Gasteiger partial charge in [-0.15, -0.1) is 0 Å². The Labute approximate surface area is 199 Å². The van der Waals surface area contributed by atoms with E-state index in [2.05, 4.69) is 5.32 Å². The maximum absolute atomic E-state index is 12.9. The number of ether oxygens (including phenoxy) is 2. The molecule has 0 aliphatic carbocycles. The summed E-state index contributed by atoms with van der Waals surface area (Å²) in [5.74, 6) is -0.517. The summed E-state index contributed by atoms with van der Waals surface area (Å²) < 4.78 is 41.1. The summed E-state index contributed by atoms with van der Waals surface area (Å²) in [4.78, 5) is 24.3. The predicted octanol–water partition coefficient (Wildman–Crippen LogP) is 4.22. The van der Waals surface area contributed by atoms with Crippen LogP contribution in [-0.2, 0) is 30.8 Å². The number of hydrogen-bond acceptors (Lipinski definition) is 7. The first-order valence-corrected chi connectivity index (χ1v) is 12.0. The Balaban J connectivity index is 1.74. The molecule has 3 aromatic carbocycles. The van der Waals surface area contributed by atoms with Gasteiger partial charge in [0.2, 0.25) is 0 Å². The van der Waals surface area contributed by atoms with E-state index in [-0.39, 0.29) is 17.1 Å². The van der Waals surface area contributed by atoms with E-state index in [0.717, 1.165) is 5.39 Å². The summed E-state index contributed by atoms with van der Waals surface area (Å²) >= 11 is 0. The molecule has 0 radical (unpaired) electrons. The molecule has 3 aromatic rings. The Bertz CT molecular complexity index is 1270. The molecule has 0 saturated carbocycles. The van der Waals surface area contributed by atoms with Gasteiger partial charge >= 0.3 is 22.2 Å². The first kappa shape index (κ1) is 25.0. The van der Waals surface area contributed by atoms with Crippen LogP contribution in [0.5, 0.6) is 5.75 Å². The average Bonchev–Trinajstić information content (AvgIpc) is 2.77. The Morgan fingerprint density at radius 1 is 0.941 bits per heavy atom. The van der Waals surface area contributed by atoms with Crippen LogP contribution in [0.15, 0.2) is 71.6 Å². The summed E-state index contributed by atoms with van der Waals surface area (Å²) in [5.41, 5.74) is -0.0689. The lowest BCUT2D eigenvalue weighted by Gasteiger charge is -2.22. The molecule has 1 atom stereocenters. The molecule has 0 aromatic heterocycles. The molecule has 1 unspecified atom stereocenters. The van der Waals surface area contributed by atoms with Crippen molar-refractivity contribution >= 4 is 33.0 Å². The fourth-order valence-electron chi connectivity index (χ4n) is 3.29. The van der Waals surface area contributed by atoms with Gasteiger partial charge in [0.25, 0.3) is 0 Å². The van der Waals surface area contributed by atoms with Gasteiger partial charge in [-0.3, -0.25) is 0 Å². The number of methoxy groups -OCH3 is 1. The van der Waals surface area contributed by atoms with Crippen molar-refractivity contribution in [1.29, 1.82) is 0 Å². The lowest BCUT2D eigenvalue weighted by Crippen LogP contribution is -2.45. The van der Waals surface area contributed by atoms with Gasteiger partial charge in [-0.1, -0.05) is 48.5 Å². The Kier molecular flexibility index (Phi) is 7.46. The minimum absolute atomic E-state index is 0.0713. The fraction of sp³-hybridized carbons (Fsp3) is 0.280. The molecule has 0 fully saturated rings. The van der Waals surface area contributed by atoms with Gasteiger partial charge in [0, 0.05) is 11.8 Å². The van der Waals surface area contributed by atoms with Crippen LogP contribution in [0.1, 0.15) is 26.3 Å². The van der Waals surface area contributed by atoms with Gasteiger partial charge in [0.1, 0.15) is 22.3 Å². The molecule has 180 valence electrons. The van der Waals surface area contributed by atoms with Crippen molar-refractivity contribution in [2.45, 2.75) is 43.7 Å². The molecule has 1 amide bonds. The van der Waals surface area contributed by atoms with Crippen molar-refractivity contribution in [1.82, 2.24) is 5.32 Å². The SMILES string of the molecule is COC(=O)C(Cc1ccc(OS(=O)(=O)c2cccc3ccccc23)cc1)NC(=O)OC(C)(C)C. The summed E-state index contributed by atoms with van der Waals surface area (Å²) in [6.45, 7) is 5.14. The highest BCUT2D eigenvalue weighted by molar-refractivity contribution is 7.87. The van der Waals surface area contributed by atoms with E-state index in [1.807, 2.05) is 18.2 Å². The number of rotatable bonds is 7.